The van der Waals surface area contributed by atoms with Crippen LogP contribution in [0.4, 0.5) is 0 Å². The van der Waals surface area contributed by atoms with Crippen molar-refractivity contribution in [3.63, 3.8) is 0 Å². The van der Waals surface area contributed by atoms with Gasteiger partial charge in [0, 0.05) is 78.0 Å². The molecule has 0 saturated carbocycles. The third-order valence-corrected chi connectivity index (χ3v) is 13.7. The van der Waals surface area contributed by atoms with Crippen LogP contribution in [0.1, 0.15) is 55.8 Å². The van der Waals surface area contributed by atoms with E-state index in [1.165, 1.54) is 97.5 Å². The summed E-state index contributed by atoms with van der Waals surface area (Å²) >= 11 is 1.91. The van der Waals surface area contributed by atoms with Gasteiger partial charge in [0.05, 0.1) is 28.0 Å². The van der Waals surface area contributed by atoms with Crippen LogP contribution >= 0.6 is 11.3 Å². The monoisotopic (exact) mass is 713 g/mol. The van der Waals surface area contributed by atoms with E-state index in [2.05, 4.69) is 180 Å². The van der Waals surface area contributed by atoms with Crippen molar-refractivity contribution in [3.05, 3.63) is 156 Å². The van der Waals surface area contributed by atoms with Crippen molar-refractivity contribution in [1.29, 1.82) is 0 Å². The maximum Gasteiger partial charge on any atom is 0.218 e. The van der Waals surface area contributed by atoms with Crippen LogP contribution in [-0.2, 0) is 11.8 Å². The molecule has 54 heavy (non-hydrogen) atoms. The topological polar surface area (TPSA) is 12.2 Å². The molecule has 5 aromatic carbocycles. The number of aromatic nitrogens is 3. The van der Waals surface area contributed by atoms with Crippen LogP contribution in [0.25, 0.3) is 87.0 Å². The maximum absolute atomic E-state index is 2.59. The summed E-state index contributed by atoms with van der Waals surface area (Å²) < 4.78 is 10.2. The van der Waals surface area contributed by atoms with Gasteiger partial charge in [0.2, 0.25) is 11.4 Å². The largest absolute Gasteiger partial charge is 0.308 e. The molecule has 10 aromatic rings. The third kappa shape index (κ3) is 4.18. The predicted molar refractivity (Wildman–Crippen MR) is 226 cm³/mol. The molecule has 0 saturated heterocycles. The van der Waals surface area contributed by atoms with Gasteiger partial charge < -0.3 is 4.40 Å². The van der Waals surface area contributed by atoms with Crippen molar-refractivity contribution in [1.82, 2.24) is 4.40 Å². The summed E-state index contributed by atoms with van der Waals surface area (Å²) in [6.07, 6.45) is 11.2. The van der Waals surface area contributed by atoms with E-state index in [0.29, 0.717) is 5.92 Å². The lowest BCUT2D eigenvalue weighted by molar-refractivity contribution is -0.718. The lowest BCUT2D eigenvalue weighted by Gasteiger charge is -2.30. The molecule has 0 spiro atoms. The Morgan fingerprint density at radius 2 is 1.41 bits per heavy atom. The van der Waals surface area contributed by atoms with Crippen LogP contribution in [0.15, 0.2) is 140 Å². The standard InChI is InChI=1S/C50H39N3S/c1-50(2,3)31-20-23-51-21-11-17-34-32-12-4-5-13-33(32)42-18-8-9-22-52(42)44(34)24-30-25-45-39(27-38(30)43(51)26-31)36-15-10-16-37-40-28-41-35-14-6-7-19-47(35)54-48(41)29-46(40)53(45)49(36)37/h4-16,18-23,25-29,34,44H,17,24H2,1-3H3/q+2/b21-11+. The second-order valence-electron chi connectivity index (χ2n) is 16.6. The SMILES string of the molecule is CC(C)(C)c1cc[n+]2c(c1)-c1cc3c4cccc5c6cc7c(cc6n(c3cc1CC1C(C/C=C/2)c2ccccc2-c2cccc[n+]21)c45)sc1ccccc17. The number of hydrogen-bond donors (Lipinski definition) is 0. The zero-order valence-corrected chi connectivity index (χ0v) is 31.5. The fraction of sp³-hybridized carbons (Fsp3) is 0.160. The van der Waals surface area contributed by atoms with Crippen LogP contribution in [0.5, 0.6) is 0 Å². The average molecular weight is 714 g/mol. The van der Waals surface area contributed by atoms with Crippen LogP contribution in [0.2, 0.25) is 0 Å². The van der Waals surface area contributed by atoms with Gasteiger partial charge in [0.15, 0.2) is 24.6 Å². The van der Waals surface area contributed by atoms with Gasteiger partial charge in [-0.05, 0) is 77.1 Å². The Kier molecular flexibility index (Phi) is 6.16. The number of thiophene rings is 1. The first kappa shape index (κ1) is 30.6. The van der Waals surface area contributed by atoms with Crippen molar-refractivity contribution in [3.8, 4) is 22.5 Å². The van der Waals surface area contributed by atoms with Gasteiger partial charge in [0.1, 0.15) is 0 Å². The van der Waals surface area contributed by atoms with Gasteiger partial charge in [-0.25, -0.2) is 0 Å². The summed E-state index contributed by atoms with van der Waals surface area (Å²) in [5.74, 6) is 0.340. The highest BCUT2D eigenvalue weighted by molar-refractivity contribution is 7.25. The first-order valence-electron chi connectivity index (χ1n) is 19.3. The summed E-state index contributed by atoms with van der Waals surface area (Å²) in [4.78, 5) is 0. The average Bonchev–Trinajstić information content (AvgIpc) is 3.83. The summed E-state index contributed by atoms with van der Waals surface area (Å²) in [6, 6.07) is 46.7. The van der Waals surface area contributed by atoms with Crippen molar-refractivity contribution >= 4 is 75.8 Å². The number of nitrogens with zero attached hydrogens (tertiary/aromatic N) is 3. The predicted octanol–water partition coefficient (Wildman–Crippen LogP) is 12.2. The molecule has 4 heteroatoms. The number of para-hydroxylation sites is 1. The molecule has 2 aliphatic rings. The maximum atomic E-state index is 2.59. The fourth-order valence-corrected chi connectivity index (χ4v) is 11.1. The second-order valence-corrected chi connectivity index (χ2v) is 17.6. The second kappa shape index (κ2) is 10.9. The molecule has 2 atom stereocenters. The van der Waals surface area contributed by atoms with Gasteiger partial charge >= 0.3 is 0 Å². The molecule has 258 valence electrons. The van der Waals surface area contributed by atoms with E-state index in [4.69, 9.17) is 0 Å². The molecular weight excluding hydrogens is 675 g/mol. The zero-order chi connectivity index (χ0) is 35.9. The van der Waals surface area contributed by atoms with Crippen LogP contribution < -0.4 is 9.13 Å². The van der Waals surface area contributed by atoms with E-state index in [0.717, 1.165) is 12.8 Å². The van der Waals surface area contributed by atoms with E-state index >= 15 is 0 Å². The highest BCUT2D eigenvalue weighted by Crippen LogP contribution is 2.47. The van der Waals surface area contributed by atoms with E-state index < -0.39 is 0 Å². The number of benzene rings is 5. The van der Waals surface area contributed by atoms with Crippen molar-refractivity contribution in [2.75, 3.05) is 0 Å². The van der Waals surface area contributed by atoms with Crippen molar-refractivity contribution < 1.29 is 9.13 Å². The number of fused-ring (bicyclic) bond motifs is 18. The molecule has 0 amide bonds. The van der Waals surface area contributed by atoms with Crippen LogP contribution in [-0.4, -0.2) is 4.40 Å². The minimum atomic E-state index is 0.0270. The van der Waals surface area contributed by atoms with E-state index in [-0.39, 0.29) is 11.5 Å². The summed E-state index contributed by atoms with van der Waals surface area (Å²) in [5.41, 5.74) is 13.4. The minimum Gasteiger partial charge on any atom is -0.308 e. The molecule has 0 aliphatic carbocycles. The summed E-state index contributed by atoms with van der Waals surface area (Å²) in [7, 11) is 0. The molecule has 3 nitrogen and oxygen atoms in total. The lowest BCUT2D eigenvalue weighted by atomic mass is 9.77. The van der Waals surface area contributed by atoms with E-state index in [9.17, 15) is 0 Å². The quantitative estimate of drug-likeness (QED) is 0.139. The van der Waals surface area contributed by atoms with Crippen molar-refractivity contribution in [2.45, 2.75) is 51.0 Å². The molecular formula is C50H39N3S+2. The van der Waals surface area contributed by atoms with Crippen LogP contribution in [0, 0.1) is 0 Å². The van der Waals surface area contributed by atoms with E-state index in [1.54, 1.807) is 0 Å². The number of rotatable bonds is 0. The Balaban J connectivity index is 1.19. The molecule has 0 bridgehead atoms. The van der Waals surface area contributed by atoms with Gasteiger partial charge in [-0.15, -0.1) is 11.3 Å². The number of allylic oxidation sites excluding steroid dienone is 1. The Labute approximate surface area is 318 Å². The van der Waals surface area contributed by atoms with Crippen LogP contribution in [0.3, 0.4) is 0 Å². The molecule has 12 rings (SSSR count). The summed E-state index contributed by atoms with van der Waals surface area (Å²) in [6.45, 7) is 6.97. The third-order valence-electron chi connectivity index (χ3n) is 12.6. The van der Waals surface area contributed by atoms with Gasteiger partial charge in [-0.3, -0.25) is 0 Å². The highest BCUT2D eigenvalue weighted by atomic mass is 32.1. The molecule has 7 heterocycles. The highest BCUT2D eigenvalue weighted by Gasteiger charge is 2.40. The molecule has 5 aromatic heterocycles. The molecule has 2 aliphatic heterocycles. The Morgan fingerprint density at radius 1 is 0.630 bits per heavy atom. The first-order chi connectivity index (χ1) is 26.4. The fourth-order valence-electron chi connectivity index (χ4n) is 10.0. The molecule has 2 unspecified atom stereocenters. The Morgan fingerprint density at radius 3 is 2.30 bits per heavy atom. The van der Waals surface area contributed by atoms with Gasteiger partial charge in [0.25, 0.3) is 0 Å². The zero-order valence-electron chi connectivity index (χ0n) is 30.7. The number of hydrogen-bond acceptors (Lipinski definition) is 1. The lowest BCUT2D eigenvalue weighted by Crippen LogP contribution is -2.48. The smallest absolute Gasteiger partial charge is 0.218 e. The minimum absolute atomic E-state index is 0.0270. The normalized spacial score (nSPS) is 17.5. The van der Waals surface area contributed by atoms with Crippen molar-refractivity contribution in [2.24, 2.45) is 0 Å². The Hall–Kier alpha value is -5.84. The van der Waals surface area contributed by atoms with Gasteiger partial charge in [-0.2, -0.15) is 9.13 Å². The Bertz CT molecular complexity index is 3220. The van der Waals surface area contributed by atoms with E-state index in [1.807, 2.05) is 11.3 Å². The first-order valence-corrected chi connectivity index (χ1v) is 20.1. The molecule has 0 N–H and O–H groups in total. The molecule has 0 fully saturated rings. The number of pyridine rings is 2. The van der Waals surface area contributed by atoms with Gasteiger partial charge in [-0.1, -0.05) is 75.4 Å². The molecule has 0 radical (unpaired) electrons. The summed E-state index contributed by atoms with van der Waals surface area (Å²) in [5, 5.41) is 8.02.